The van der Waals surface area contributed by atoms with Crippen LogP contribution in [0.3, 0.4) is 0 Å². The van der Waals surface area contributed by atoms with Crippen LogP contribution in [0.5, 0.6) is 5.75 Å². The molecule has 0 atom stereocenters. The molecular formula is C16H15ClN4O. The number of aromatic nitrogens is 2. The van der Waals surface area contributed by atoms with Gasteiger partial charge in [-0.05, 0) is 36.4 Å². The lowest BCUT2D eigenvalue weighted by Gasteiger charge is -1.99. The Hall–Kier alpha value is -2.53. The van der Waals surface area contributed by atoms with Gasteiger partial charge in [-0.15, -0.1) is 11.6 Å². The molecule has 5 nitrogen and oxygen atoms in total. The molecule has 0 radical (unpaired) electrons. The summed E-state index contributed by atoms with van der Waals surface area (Å²) in [6.45, 7) is 0. The minimum atomic E-state index is 0.215. The number of methoxy groups -OCH3 is 1. The SMILES string of the molecule is COc1ccc2nc(-c3ccc(N=C(N)CCl)cc3)[nH]c2c1. The predicted octanol–water partition coefficient (Wildman–Crippen LogP) is 3.47. The summed E-state index contributed by atoms with van der Waals surface area (Å²) >= 11 is 5.62. The molecule has 0 saturated heterocycles. The third-order valence-electron chi connectivity index (χ3n) is 3.24. The van der Waals surface area contributed by atoms with Crippen LogP contribution in [-0.2, 0) is 0 Å². The van der Waals surface area contributed by atoms with Crippen LogP contribution in [0.2, 0.25) is 0 Å². The molecule has 0 unspecified atom stereocenters. The second kappa shape index (κ2) is 6.07. The van der Waals surface area contributed by atoms with E-state index in [2.05, 4.69) is 15.0 Å². The fraction of sp³-hybridized carbons (Fsp3) is 0.125. The van der Waals surface area contributed by atoms with Crippen molar-refractivity contribution >= 4 is 34.2 Å². The molecule has 0 spiro atoms. The summed E-state index contributed by atoms with van der Waals surface area (Å²) < 4.78 is 5.22. The second-order valence-electron chi connectivity index (χ2n) is 4.75. The summed E-state index contributed by atoms with van der Waals surface area (Å²) in [6, 6.07) is 13.4. The number of benzene rings is 2. The van der Waals surface area contributed by atoms with E-state index in [1.165, 1.54) is 0 Å². The van der Waals surface area contributed by atoms with Crippen LogP contribution in [0.15, 0.2) is 47.5 Å². The molecule has 1 aromatic heterocycles. The Labute approximate surface area is 132 Å². The number of aromatic amines is 1. The Kier molecular flexibility index (Phi) is 3.98. The minimum Gasteiger partial charge on any atom is -0.497 e. The zero-order chi connectivity index (χ0) is 15.5. The third-order valence-corrected chi connectivity index (χ3v) is 3.51. The van der Waals surface area contributed by atoms with Gasteiger partial charge in [0.15, 0.2) is 0 Å². The van der Waals surface area contributed by atoms with Crippen molar-refractivity contribution in [1.82, 2.24) is 9.97 Å². The number of H-pyrrole nitrogens is 1. The zero-order valence-corrected chi connectivity index (χ0v) is 12.8. The van der Waals surface area contributed by atoms with Gasteiger partial charge in [0, 0.05) is 11.6 Å². The standard InChI is InChI=1S/C16H15ClN4O/c1-22-12-6-7-13-14(8-12)21-16(20-13)10-2-4-11(5-3-10)19-15(18)9-17/h2-8H,9H2,1H3,(H2,18,19)(H,20,21). The number of rotatable bonds is 4. The molecule has 112 valence electrons. The summed E-state index contributed by atoms with van der Waals surface area (Å²) in [5.74, 6) is 2.20. The fourth-order valence-electron chi connectivity index (χ4n) is 2.14. The molecule has 0 bridgehead atoms. The van der Waals surface area contributed by atoms with E-state index in [4.69, 9.17) is 22.1 Å². The first-order valence-electron chi connectivity index (χ1n) is 6.73. The van der Waals surface area contributed by atoms with Crippen molar-refractivity contribution in [2.24, 2.45) is 10.7 Å². The Morgan fingerprint density at radius 1 is 1.27 bits per heavy atom. The summed E-state index contributed by atoms with van der Waals surface area (Å²) in [6.07, 6.45) is 0. The molecule has 0 amide bonds. The van der Waals surface area contributed by atoms with Crippen LogP contribution in [0.4, 0.5) is 5.69 Å². The van der Waals surface area contributed by atoms with Crippen LogP contribution in [0.1, 0.15) is 0 Å². The van der Waals surface area contributed by atoms with Crippen LogP contribution in [0.25, 0.3) is 22.4 Å². The van der Waals surface area contributed by atoms with Crippen molar-refractivity contribution in [3.8, 4) is 17.1 Å². The van der Waals surface area contributed by atoms with Gasteiger partial charge in [0.25, 0.3) is 0 Å². The lowest BCUT2D eigenvalue weighted by molar-refractivity contribution is 0.415. The van der Waals surface area contributed by atoms with E-state index in [1.807, 2.05) is 42.5 Å². The van der Waals surface area contributed by atoms with E-state index in [-0.39, 0.29) is 5.88 Å². The first kappa shape index (κ1) is 14.4. The van der Waals surface area contributed by atoms with Crippen LogP contribution >= 0.6 is 11.6 Å². The number of ether oxygens (including phenoxy) is 1. The Morgan fingerprint density at radius 3 is 2.73 bits per heavy atom. The van der Waals surface area contributed by atoms with Crippen molar-refractivity contribution in [1.29, 1.82) is 0 Å². The van der Waals surface area contributed by atoms with Crippen molar-refractivity contribution in [2.45, 2.75) is 0 Å². The van der Waals surface area contributed by atoms with Crippen molar-refractivity contribution in [2.75, 3.05) is 13.0 Å². The number of hydrogen-bond acceptors (Lipinski definition) is 3. The highest BCUT2D eigenvalue weighted by Gasteiger charge is 2.06. The van der Waals surface area contributed by atoms with Gasteiger partial charge < -0.3 is 15.5 Å². The Balaban J connectivity index is 1.93. The number of hydrogen-bond donors (Lipinski definition) is 2. The number of alkyl halides is 1. The molecule has 0 aliphatic rings. The van der Waals surface area contributed by atoms with Crippen molar-refractivity contribution in [3.63, 3.8) is 0 Å². The summed E-state index contributed by atoms with van der Waals surface area (Å²) in [4.78, 5) is 12.1. The number of aliphatic imine (C=N–C) groups is 1. The summed E-state index contributed by atoms with van der Waals surface area (Å²) in [5.41, 5.74) is 9.18. The van der Waals surface area contributed by atoms with E-state index in [0.717, 1.165) is 33.9 Å². The van der Waals surface area contributed by atoms with Gasteiger partial charge in [0.05, 0.1) is 29.7 Å². The second-order valence-corrected chi connectivity index (χ2v) is 5.02. The van der Waals surface area contributed by atoms with Gasteiger partial charge in [0.1, 0.15) is 17.4 Å². The maximum Gasteiger partial charge on any atom is 0.138 e. The topological polar surface area (TPSA) is 76.3 Å². The molecule has 3 aromatic rings. The molecule has 22 heavy (non-hydrogen) atoms. The molecule has 3 rings (SSSR count). The van der Waals surface area contributed by atoms with Crippen LogP contribution in [-0.4, -0.2) is 28.8 Å². The average molecular weight is 315 g/mol. The van der Waals surface area contributed by atoms with E-state index >= 15 is 0 Å². The van der Waals surface area contributed by atoms with Crippen molar-refractivity contribution in [3.05, 3.63) is 42.5 Å². The lowest BCUT2D eigenvalue weighted by Crippen LogP contribution is -2.12. The summed E-state index contributed by atoms with van der Waals surface area (Å²) in [7, 11) is 1.64. The van der Waals surface area contributed by atoms with Crippen molar-refractivity contribution < 1.29 is 4.74 Å². The molecule has 3 N–H and O–H groups in total. The highest BCUT2D eigenvalue weighted by atomic mass is 35.5. The van der Waals surface area contributed by atoms with Gasteiger partial charge in [0.2, 0.25) is 0 Å². The highest BCUT2D eigenvalue weighted by molar-refractivity contribution is 6.28. The quantitative estimate of drug-likeness (QED) is 0.440. The molecule has 0 saturated carbocycles. The zero-order valence-electron chi connectivity index (χ0n) is 12.0. The smallest absolute Gasteiger partial charge is 0.138 e. The van der Waals surface area contributed by atoms with Gasteiger partial charge in [-0.3, -0.25) is 0 Å². The maximum atomic E-state index is 5.62. The monoisotopic (exact) mass is 314 g/mol. The molecule has 0 fully saturated rings. The predicted molar refractivity (Wildman–Crippen MR) is 90.1 cm³/mol. The molecule has 2 aromatic carbocycles. The minimum absolute atomic E-state index is 0.215. The summed E-state index contributed by atoms with van der Waals surface area (Å²) in [5, 5.41) is 0. The van der Waals surface area contributed by atoms with Gasteiger partial charge in [-0.25, -0.2) is 9.98 Å². The number of halogens is 1. The average Bonchev–Trinajstić information content (AvgIpc) is 2.98. The van der Waals surface area contributed by atoms with Gasteiger partial charge in [-0.1, -0.05) is 0 Å². The number of nitrogens with one attached hydrogen (secondary N) is 1. The molecular weight excluding hydrogens is 300 g/mol. The Morgan fingerprint density at radius 2 is 2.05 bits per heavy atom. The van der Waals surface area contributed by atoms with E-state index in [1.54, 1.807) is 7.11 Å². The van der Waals surface area contributed by atoms with Crippen LogP contribution in [0, 0.1) is 0 Å². The van der Waals surface area contributed by atoms with E-state index < -0.39 is 0 Å². The maximum absolute atomic E-state index is 5.62. The lowest BCUT2D eigenvalue weighted by atomic mass is 10.2. The number of nitrogens with zero attached hydrogens (tertiary/aromatic N) is 2. The Bertz CT molecular complexity index is 824. The number of fused-ring (bicyclic) bond motifs is 1. The largest absolute Gasteiger partial charge is 0.497 e. The first-order chi connectivity index (χ1) is 10.7. The number of nitrogens with two attached hydrogens (primary N) is 1. The third kappa shape index (κ3) is 2.89. The molecule has 0 aliphatic heterocycles. The molecule has 1 heterocycles. The number of imidazole rings is 1. The van der Waals surface area contributed by atoms with Gasteiger partial charge >= 0.3 is 0 Å². The van der Waals surface area contributed by atoms with Crippen LogP contribution < -0.4 is 10.5 Å². The normalized spacial score (nSPS) is 11.8. The highest BCUT2D eigenvalue weighted by Crippen LogP contribution is 2.25. The molecule has 6 heteroatoms. The molecule has 0 aliphatic carbocycles. The number of amidine groups is 1. The first-order valence-corrected chi connectivity index (χ1v) is 7.26. The van der Waals surface area contributed by atoms with E-state index in [0.29, 0.717) is 5.84 Å². The van der Waals surface area contributed by atoms with E-state index in [9.17, 15) is 0 Å². The fourth-order valence-corrected chi connectivity index (χ4v) is 2.20. The van der Waals surface area contributed by atoms with Gasteiger partial charge in [-0.2, -0.15) is 0 Å².